The number of rotatable bonds is 4. The molecule has 3 heteroatoms. The van der Waals surface area contributed by atoms with Gasteiger partial charge in [0.25, 0.3) is 0 Å². The average molecular weight is 254 g/mol. The minimum absolute atomic E-state index is 0.422. The van der Waals surface area contributed by atoms with E-state index < -0.39 is 5.60 Å². The first-order chi connectivity index (χ1) is 8.61. The van der Waals surface area contributed by atoms with Crippen molar-refractivity contribution in [3.05, 3.63) is 0 Å². The van der Waals surface area contributed by atoms with Gasteiger partial charge in [-0.2, -0.15) is 0 Å². The van der Waals surface area contributed by atoms with Crippen LogP contribution in [0.15, 0.2) is 0 Å². The third kappa shape index (κ3) is 3.94. The number of hydrogen-bond donors (Lipinski definition) is 2. The Kier molecular flexibility index (Phi) is 5.05. The predicted octanol–water partition coefficient (Wildman–Crippen LogP) is 2.00. The van der Waals surface area contributed by atoms with Crippen molar-refractivity contribution in [3.63, 3.8) is 0 Å². The van der Waals surface area contributed by atoms with Crippen LogP contribution in [0.3, 0.4) is 0 Å². The van der Waals surface area contributed by atoms with E-state index >= 15 is 0 Å². The highest BCUT2D eigenvalue weighted by atomic mass is 16.3. The van der Waals surface area contributed by atoms with E-state index in [-0.39, 0.29) is 0 Å². The number of likely N-dealkylation sites (tertiary alicyclic amines) is 1. The van der Waals surface area contributed by atoms with Crippen molar-refractivity contribution in [3.8, 4) is 0 Å². The van der Waals surface area contributed by atoms with Gasteiger partial charge in [0, 0.05) is 12.6 Å². The Morgan fingerprint density at radius 1 is 1.17 bits per heavy atom. The van der Waals surface area contributed by atoms with Crippen LogP contribution in [0, 0.1) is 5.92 Å². The summed E-state index contributed by atoms with van der Waals surface area (Å²) in [5.74, 6) is 0.804. The summed E-state index contributed by atoms with van der Waals surface area (Å²) < 4.78 is 0. The maximum Gasteiger partial charge on any atom is 0.0771 e. The molecule has 0 unspecified atom stereocenters. The van der Waals surface area contributed by atoms with E-state index in [0.29, 0.717) is 6.04 Å². The molecule has 0 radical (unpaired) electrons. The number of piperidine rings is 1. The lowest BCUT2D eigenvalue weighted by Gasteiger charge is -2.38. The first-order valence-electron chi connectivity index (χ1n) is 7.79. The molecule has 1 saturated heterocycles. The van der Waals surface area contributed by atoms with Gasteiger partial charge in [-0.1, -0.05) is 13.8 Å². The molecule has 2 aliphatic rings. The van der Waals surface area contributed by atoms with Crippen molar-refractivity contribution < 1.29 is 5.11 Å². The molecular weight excluding hydrogens is 224 g/mol. The van der Waals surface area contributed by atoms with Gasteiger partial charge in [0.15, 0.2) is 0 Å². The number of nitrogens with zero attached hydrogens (tertiary/aromatic N) is 1. The summed E-state index contributed by atoms with van der Waals surface area (Å²) in [6.07, 6.45) is 6.81. The van der Waals surface area contributed by atoms with Crippen molar-refractivity contribution in [2.75, 3.05) is 26.2 Å². The molecule has 0 spiro atoms. The molecular formula is C15H30N2O. The van der Waals surface area contributed by atoms with Gasteiger partial charge < -0.3 is 15.3 Å². The van der Waals surface area contributed by atoms with Crippen molar-refractivity contribution in [1.29, 1.82) is 0 Å². The lowest BCUT2D eigenvalue weighted by molar-refractivity contribution is -0.00974. The molecule has 0 aromatic heterocycles. The van der Waals surface area contributed by atoms with Gasteiger partial charge in [-0.3, -0.25) is 0 Å². The molecule has 1 aliphatic carbocycles. The lowest BCUT2D eigenvalue weighted by atomic mass is 9.79. The molecule has 1 aliphatic heterocycles. The van der Waals surface area contributed by atoms with Crippen LogP contribution in [0.4, 0.5) is 0 Å². The van der Waals surface area contributed by atoms with E-state index in [1.54, 1.807) is 0 Å². The second-order valence-corrected chi connectivity index (χ2v) is 6.50. The van der Waals surface area contributed by atoms with E-state index in [1.807, 2.05) is 0 Å². The second-order valence-electron chi connectivity index (χ2n) is 6.50. The Bertz CT molecular complexity index is 241. The van der Waals surface area contributed by atoms with E-state index in [4.69, 9.17) is 0 Å². The molecule has 106 valence electrons. The Labute approximate surface area is 112 Å². The topological polar surface area (TPSA) is 35.5 Å². The van der Waals surface area contributed by atoms with Gasteiger partial charge >= 0.3 is 0 Å². The van der Waals surface area contributed by atoms with Crippen molar-refractivity contribution >= 4 is 0 Å². The first-order valence-corrected chi connectivity index (χ1v) is 7.79. The van der Waals surface area contributed by atoms with Crippen molar-refractivity contribution in [2.24, 2.45) is 5.92 Å². The maximum absolute atomic E-state index is 10.5. The molecule has 3 nitrogen and oxygen atoms in total. The number of aliphatic hydroxyl groups is 1. The quantitative estimate of drug-likeness (QED) is 0.805. The van der Waals surface area contributed by atoms with E-state index in [9.17, 15) is 5.11 Å². The fourth-order valence-electron chi connectivity index (χ4n) is 3.26. The van der Waals surface area contributed by atoms with Crippen LogP contribution in [-0.4, -0.2) is 47.8 Å². The molecule has 1 heterocycles. The largest absolute Gasteiger partial charge is 0.389 e. The zero-order chi connectivity index (χ0) is 13.0. The summed E-state index contributed by atoms with van der Waals surface area (Å²) in [5, 5.41) is 14.2. The summed E-state index contributed by atoms with van der Waals surface area (Å²) in [6.45, 7) is 8.94. The van der Waals surface area contributed by atoms with Crippen LogP contribution in [-0.2, 0) is 0 Å². The van der Waals surface area contributed by atoms with Gasteiger partial charge in [-0.15, -0.1) is 0 Å². The van der Waals surface area contributed by atoms with Crippen LogP contribution < -0.4 is 5.32 Å². The molecule has 0 atom stereocenters. The lowest BCUT2D eigenvalue weighted by Crippen LogP contribution is -2.49. The Morgan fingerprint density at radius 2 is 1.78 bits per heavy atom. The molecule has 1 saturated carbocycles. The van der Waals surface area contributed by atoms with E-state index in [0.717, 1.165) is 25.3 Å². The molecule has 18 heavy (non-hydrogen) atoms. The average Bonchev–Trinajstić information content (AvgIpc) is 2.41. The van der Waals surface area contributed by atoms with Crippen molar-refractivity contribution in [1.82, 2.24) is 10.2 Å². The summed E-state index contributed by atoms with van der Waals surface area (Å²) >= 11 is 0. The maximum atomic E-state index is 10.5. The summed E-state index contributed by atoms with van der Waals surface area (Å²) in [4.78, 5) is 2.51. The predicted molar refractivity (Wildman–Crippen MR) is 75.7 cm³/mol. The molecule has 2 N–H and O–H groups in total. The zero-order valence-electron chi connectivity index (χ0n) is 12.1. The molecule has 0 aromatic carbocycles. The standard InChI is InChI=1S/C15H30N2O/c1-3-17-10-6-14(7-11-17)16-12-15(18)8-4-13(2)5-9-15/h13-14,16,18H,3-12H2,1-2H3. The molecule has 2 fully saturated rings. The SMILES string of the molecule is CCN1CCC(NCC2(O)CCC(C)CC2)CC1. The Hall–Kier alpha value is -0.120. The highest BCUT2D eigenvalue weighted by molar-refractivity contribution is 4.88. The highest BCUT2D eigenvalue weighted by Crippen LogP contribution is 2.31. The third-order valence-corrected chi connectivity index (χ3v) is 4.96. The van der Waals surface area contributed by atoms with E-state index in [1.165, 1.54) is 45.3 Å². The minimum Gasteiger partial charge on any atom is -0.389 e. The monoisotopic (exact) mass is 254 g/mol. The smallest absolute Gasteiger partial charge is 0.0771 e. The molecule has 2 rings (SSSR count). The number of hydrogen-bond acceptors (Lipinski definition) is 3. The first kappa shape index (κ1) is 14.3. The van der Waals surface area contributed by atoms with Crippen LogP contribution in [0.1, 0.15) is 52.4 Å². The fraction of sp³-hybridized carbons (Fsp3) is 1.00. The molecule has 0 bridgehead atoms. The Morgan fingerprint density at radius 3 is 2.33 bits per heavy atom. The van der Waals surface area contributed by atoms with Gasteiger partial charge in [-0.25, -0.2) is 0 Å². The van der Waals surface area contributed by atoms with Gasteiger partial charge in [0.05, 0.1) is 5.60 Å². The highest BCUT2D eigenvalue weighted by Gasteiger charge is 2.32. The fourth-order valence-corrected chi connectivity index (χ4v) is 3.26. The third-order valence-electron chi connectivity index (χ3n) is 4.96. The van der Waals surface area contributed by atoms with Gasteiger partial charge in [-0.05, 0) is 64.1 Å². The van der Waals surface area contributed by atoms with Gasteiger partial charge in [0.1, 0.15) is 0 Å². The van der Waals surface area contributed by atoms with Crippen LogP contribution in [0.5, 0.6) is 0 Å². The Balaban J connectivity index is 1.68. The number of nitrogens with one attached hydrogen (secondary N) is 1. The summed E-state index contributed by atoms with van der Waals surface area (Å²) in [7, 11) is 0. The summed E-state index contributed by atoms with van der Waals surface area (Å²) in [6, 6.07) is 0.621. The minimum atomic E-state index is -0.422. The second kappa shape index (κ2) is 6.36. The zero-order valence-corrected chi connectivity index (χ0v) is 12.1. The molecule has 0 aromatic rings. The van der Waals surface area contributed by atoms with Crippen molar-refractivity contribution in [2.45, 2.75) is 64.0 Å². The normalized spacial score (nSPS) is 35.8. The van der Waals surface area contributed by atoms with Crippen LogP contribution in [0.25, 0.3) is 0 Å². The van der Waals surface area contributed by atoms with Gasteiger partial charge in [0.2, 0.25) is 0 Å². The molecule has 0 amide bonds. The van der Waals surface area contributed by atoms with Crippen LogP contribution >= 0.6 is 0 Å². The van der Waals surface area contributed by atoms with Crippen LogP contribution in [0.2, 0.25) is 0 Å². The van der Waals surface area contributed by atoms with E-state index in [2.05, 4.69) is 24.1 Å². The summed E-state index contributed by atoms with van der Waals surface area (Å²) in [5.41, 5.74) is -0.422.